The summed E-state index contributed by atoms with van der Waals surface area (Å²) in [5, 5.41) is 0. The third kappa shape index (κ3) is 2.15. The number of nitrogens with two attached hydrogens (primary N) is 1. The van der Waals surface area contributed by atoms with Crippen LogP contribution < -0.4 is 5.73 Å². The zero-order chi connectivity index (χ0) is 9.84. The van der Waals surface area contributed by atoms with Crippen LogP contribution in [0.3, 0.4) is 0 Å². The Morgan fingerprint density at radius 3 is 2.85 bits per heavy atom. The lowest BCUT2D eigenvalue weighted by Gasteiger charge is -2.04. The van der Waals surface area contributed by atoms with Gasteiger partial charge in [-0.1, -0.05) is 6.07 Å². The van der Waals surface area contributed by atoms with Crippen molar-refractivity contribution in [1.82, 2.24) is 0 Å². The second-order valence-corrected chi connectivity index (χ2v) is 2.89. The van der Waals surface area contributed by atoms with E-state index in [9.17, 15) is 4.79 Å². The van der Waals surface area contributed by atoms with Crippen molar-refractivity contribution < 1.29 is 9.53 Å². The minimum absolute atomic E-state index is 0.397. The van der Waals surface area contributed by atoms with Gasteiger partial charge >= 0.3 is 5.97 Å². The lowest BCUT2D eigenvalue weighted by atomic mass is 10.1. The molecule has 0 spiro atoms. The van der Waals surface area contributed by atoms with Gasteiger partial charge in [0, 0.05) is 11.4 Å². The van der Waals surface area contributed by atoms with Crippen LogP contribution in [0.25, 0.3) is 0 Å². The summed E-state index contributed by atoms with van der Waals surface area (Å²) in [7, 11) is 1.33. The van der Waals surface area contributed by atoms with Crippen LogP contribution >= 0.6 is 12.6 Å². The standard InChI is InChI=1S/C9H11NO2S/c1-12-9(11)7-4-6(5-13)2-3-8(7)10/h2-4,13H,5,10H2,1H3. The highest BCUT2D eigenvalue weighted by Crippen LogP contribution is 2.16. The highest BCUT2D eigenvalue weighted by atomic mass is 32.1. The first-order chi connectivity index (χ1) is 6.19. The van der Waals surface area contributed by atoms with Gasteiger partial charge < -0.3 is 10.5 Å². The maximum absolute atomic E-state index is 11.2. The predicted octanol–water partition coefficient (Wildman–Crippen LogP) is 1.49. The molecule has 0 atom stereocenters. The Balaban J connectivity index is 3.11. The fourth-order valence-corrected chi connectivity index (χ4v) is 1.19. The highest BCUT2D eigenvalue weighted by molar-refractivity contribution is 7.79. The molecule has 13 heavy (non-hydrogen) atoms. The van der Waals surface area contributed by atoms with Crippen LogP contribution in [-0.4, -0.2) is 13.1 Å². The largest absolute Gasteiger partial charge is 0.465 e. The summed E-state index contributed by atoms with van der Waals surface area (Å²) in [4.78, 5) is 11.2. The van der Waals surface area contributed by atoms with Crippen molar-refractivity contribution in [1.29, 1.82) is 0 Å². The minimum Gasteiger partial charge on any atom is -0.465 e. The van der Waals surface area contributed by atoms with Gasteiger partial charge in [0.15, 0.2) is 0 Å². The zero-order valence-corrected chi connectivity index (χ0v) is 8.17. The van der Waals surface area contributed by atoms with E-state index < -0.39 is 5.97 Å². The predicted molar refractivity (Wildman–Crippen MR) is 54.9 cm³/mol. The number of methoxy groups -OCH3 is 1. The molecular weight excluding hydrogens is 186 g/mol. The molecule has 0 aromatic heterocycles. The summed E-state index contributed by atoms with van der Waals surface area (Å²) in [5.74, 6) is 0.158. The van der Waals surface area contributed by atoms with Crippen molar-refractivity contribution in [2.24, 2.45) is 0 Å². The Bertz CT molecular complexity index is 325. The van der Waals surface area contributed by atoms with E-state index in [1.165, 1.54) is 7.11 Å². The summed E-state index contributed by atoms with van der Waals surface area (Å²) in [6, 6.07) is 5.20. The van der Waals surface area contributed by atoms with Gasteiger partial charge in [0.25, 0.3) is 0 Å². The van der Waals surface area contributed by atoms with E-state index in [1.807, 2.05) is 6.07 Å². The quantitative estimate of drug-likeness (QED) is 0.429. The lowest BCUT2D eigenvalue weighted by molar-refractivity contribution is 0.0602. The molecule has 70 valence electrons. The van der Waals surface area contributed by atoms with Crippen LogP contribution in [0.4, 0.5) is 5.69 Å². The van der Waals surface area contributed by atoms with Crippen LogP contribution in [0.1, 0.15) is 15.9 Å². The first kappa shape index (κ1) is 9.92. The Labute approximate surface area is 82.3 Å². The molecule has 0 saturated heterocycles. The fourth-order valence-electron chi connectivity index (χ4n) is 0.989. The van der Waals surface area contributed by atoms with Gasteiger partial charge in [0.05, 0.1) is 12.7 Å². The molecule has 2 N–H and O–H groups in total. The Hall–Kier alpha value is -1.16. The van der Waals surface area contributed by atoms with Crippen molar-refractivity contribution in [2.75, 3.05) is 12.8 Å². The van der Waals surface area contributed by atoms with Gasteiger partial charge in [-0.05, 0) is 17.7 Å². The maximum Gasteiger partial charge on any atom is 0.339 e. The van der Waals surface area contributed by atoms with Gasteiger partial charge in [-0.2, -0.15) is 12.6 Å². The van der Waals surface area contributed by atoms with Crippen LogP contribution in [-0.2, 0) is 10.5 Å². The van der Waals surface area contributed by atoms with Crippen molar-refractivity contribution in [3.8, 4) is 0 Å². The number of esters is 1. The molecule has 1 aromatic carbocycles. The van der Waals surface area contributed by atoms with Crippen molar-refractivity contribution in [3.05, 3.63) is 29.3 Å². The average Bonchev–Trinajstić information content (AvgIpc) is 2.17. The molecule has 0 radical (unpaired) electrons. The van der Waals surface area contributed by atoms with E-state index >= 15 is 0 Å². The van der Waals surface area contributed by atoms with Crippen LogP contribution in [0.5, 0.6) is 0 Å². The van der Waals surface area contributed by atoms with E-state index in [1.54, 1.807) is 12.1 Å². The van der Waals surface area contributed by atoms with Crippen molar-refractivity contribution in [3.63, 3.8) is 0 Å². The van der Waals surface area contributed by atoms with Gasteiger partial charge in [-0.3, -0.25) is 0 Å². The molecular formula is C9H11NO2S. The molecule has 0 amide bonds. The van der Waals surface area contributed by atoms with E-state index in [0.717, 1.165) is 5.56 Å². The van der Waals surface area contributed by atoms with E-state index in [2.05, 4.69) is 17.4 Å². The second kappa shape index (κ2) is 4.18. The number of ether oxygens (including phenoxy) is 1. The Kier molecular flexibility index (Phi) is 3.19. The monoisotopic (exact) mass is 197 g/mol. The highest BCUT2D eigenvalue weighted by Gasteiger charge is 2.09. The van der Waals surface area contributed by atoms with Crippen LogP contribution in [0.2, 0.25) is 0 Å². The van der Waals surface area contributed by atoms with Gasteiger partial charge in [-0.15, -0.1) is 0 Å². The molecule has 0 fully saturated rings. The number of carbonyl (C=O) groups is 1. The summed E-state index contributed by atoms with van der Waals surface area (Å²) in [6.45, 7) is 0. The molecule has 1 aromatic rings. The van der Waals surface area contributed by atoms with Gasteiger partial charge in [0.2, 0.25) is 0 Å². The molecule has 0 saturated carbocycles. The smallest absolute Gasteiger partial charge is 0.339 e. The topological polar surface area (TPSA) is 52.3 Å². The second-order valence-electron chi connectivity index (χ2n) is 2.57. The summed E-state index contributed by atoms with van der Waals surface area (Å²) in [6.07, 6.45) is 0. The Morgan fingerprint density at radius 1 is 1.62 bits per heavy atom. The zero-order valence-electron chi connectivity index (χ0n) is 7.28. The minimum atomic E-state index is -0.416. The first-order valence-corrected chi connectivity index (χ1v) is 4.40. The molecule has 0 aliphatic rings. The third-order valence-electron chi connectivity index (χ3n) is 1.71. The Morgan fingerprint density at radius 2 is 2.31 bits per heavy atom. The summed E-state index contributed by atoms with van der Waals surface area (Å²) >= 11 is 4.10. The fraction of sp³-hybridized carbons (Fsp3) is 0.222. The van der Waals surface area contributed by atoms with Crippen LogP contribution in [0, 0.1) is 0 Å². The summed E-state index contributed by atoms with van der Waals surface area (Å²) in [5.41, 5.74) is 7.36. The van der Waals surface area contributed by atoms with Crippen molar-refractivity contribution >= 4 is 24.3 Å². The molecule has 3 nitrogen and oxygen atoms in total. The van der Waals surface area contributed by atoms with Crippen molar-refractivity contribution in [2.45, 2.75) is 5.75 Å². The van der Waals surface area contributed by atoms with Crippen LogP contribution in [0.15, 0.2) is 18.2 Å². The van der Waals surface area contributed by atoms with Gasteiger partial charge in [-0.25, -0.2) is 4.79 Å². The number of benzene rings is 1. The maximum atomic E-state index is 11.2. The number of carbonyl (C=O) groups excluding carboxylic acids is 1. The molecule has 4 heteroatoms. The third-order valence-corrected chi connectivity index (χ3v) is 2.07. The van der Waals surface area contributed by atoms with E-state index in [4.69, 9.17) is 5.73 Å². The molecule has 0 unspecified atom stereocenters. The molecule has 0 aliphatic heterocycles. The number of nitrogen functional groups attached to an aromatic ring is 1. The molecule has 0 heterocycles. The number of hydrogen-bond donors (Lipinski definition) is 2. The SMILES string of the molecule is COC(=O)c1cc(CS)ccc1N. The number of anilines is 1. The first-order valence-electron chi connectivity index (χ1n) is 3.76. The number of thiol groups is 1. The number of hydrogen-bond acceptors (Lipinski definition) is 4. The summed E-state index contributed by atoms with van der Waals surface area (Å²) < 4.78 is 4.57. The molecule has 1 rings (SSSR count). The normalized spacial score (nSPS) is 9.69. The van der Waals surface area contributed by atoms with E-state index in [-0.39, 0.29) is 0 Å². The number of rotatable bonds is 2. The average molecular weight is 197 g/mol. The lowest BCUT2D eigenvalue weighted by Crippen LogP contribution is -2.05. The molecule has 0 aliphatic carbocycles. The van der Waals surface area contributed by atoms with E-state index in [0.29, 0.717) is 17.0 Å². The molecule has 0 bridgehead atoms. The van der Waals surface area contributed by atoms with Gasteiger partial charge in [0.1, 0.15) is 0 Å².